The topological polar surface area (TPSA) is 72.6 Å². The number of nitrogens with zero attached hydrogens (tertiary/aromatic N) is 5. The Morgan fingerprint density at radius 1 is 1.19 bits per heavy atom. The molecule has 0 aliphatic carbocycles. The Morgan fingerprint density at radius 3 is 2.81 bits per heavy atom. The summed E-state index contributed by atoms with van der Waals surface area (Å²) in [6.07, 6.45) is 0. The molecule has 7 nitrogen and oxygen atoms in total. The third kappa shape index (κ3) is 3.76. The van der Waals surface area contributed by atoms with Crippen molar-refractivity contribution in [2.75, 3.05) is 26.3 Å². The van der Waals surface area contributed by atoms with Gasteiger partial charge in [-0.1, -0.05) is 29.8 Å². The number of amides is 1. The van der Waals surface area contributed by atoms with Gasteiger partial charge in [-0.05, 0) is 25.0 Å². The highest BCUT2D eigenvalue weighted by Gasteiger charge is 2.25. The highest BCUT2D eigenvalue weighted by Crippen LogP contribution is 2.34. The summed E-state index contributed by atoms with van der Waals surface area (Å²) in [6, 6.07) is 9.60. The second-order valence-electron chi connectivity index (χ2n) is 7.13. The smallest absolute Gasteiger partial charge is 0.299 e. The van der Waals surface area contributed by atoms with Crippen LogP contribution in [0.3, 0.4) is 0 Å². The lowest BCUT2D eigenvalue weighted by molar-refractivity contribution is -0.129. The Bertz CT molecular complexity index is 1260. The van der Waals surface area contributed by atoms with Crippen molar-refractivity contribution in [3.8, 4) is 16.8 Å². The number of carbonyl (C=O) groups excluding carboxylic acids is 1. The number of carbonyl (C=O) groups is 1. The molecule has 2 aliphatic rings. The number of halogens is 1. The summed E-state index contributed by atoms with van der Waals surface area (Å²) in [5.74, 6) is 7.16. The van der Waals surface area contributed by atoms with E-state index in [1.54, 1.807) is 4.90 Å². The van der Waals surface area contributed by atoms with Crippen LogP contribution in [0.4, 0.5) is 0 Å². The third-order valence-electron chi connectivity index (χ3n) is 5.16. The second-order valence-corrected chi connectivity index (χ2v) is 8.57. The van der Waals surface area contributed by atoms with E-state index in [1.807, 2.05) is 41.8 Å². The van der Waals surface area contributed by atoms with E-state index < -0.39 is 0 Å². The number of fused-ring (bicyclic) bond motifs is 3. The number of aromatic nitrogens is 3. The Balaban J connectivity index is 1.58. The summed E-state index contributed by atoms with van der Waals surface area (Å²) in [5.41, 5.74) is 2.54. The normalized spacial score (nSPS) is 15.3. The van der Waals surface area contributed by atoms with Gasteiger partial charge in [-0.15, -0.1) is 21.5 Å². The molecule has 0 unspecified atom stereocenters. The average Bonchev–Trinajstić information content (AvgIpc) is 3.33. The van der Waals surface area contributed by atoms with Gasteiger partial charge in [0, 0.05) is 35.2 Å². The van der Waals surface area contributed by atoms with Crippen LogP contribution >= 0.6 is 22.9 Å². The molecule has 2 aromatic heterocycles. The van der Waals surface area contributed by atoms with Crippen molar-refractivity contribution < 1.29 is 9.53 Å². The second kappa shape index (κ2) is 8.27. The molecule has 1 aromatic carbocycles. The van der Waals surface area contributed by atoms with Crippen LogP contribution in [0.5, 0.6) is 0 Å². The molecule has 0 N–H and O–H groups in total. The van der Waals surface area contributed by atoms with Crippen molar-refractivity contribution in [1.82, 2.24) is 19.7 Å². The molecule has 5 rings (SSSR count). The number of hydrogen-bond donors (Lipinski definition) is 0. The molecule has 0 radical (unpaired) electrons. The summed E-state index contributed by atoms with van der Waals surface area (Å²) < 4.78 is 7.30. The SMILES string of the molecule is Cc1nnc2n1-c1sc(C#CC(=O)N3CCOCC3)cc1C(c1ccccc1Cl)=NC2. The first-order valence-corrected chi connectivity index (χ1v) is 11.0. The van der Waals surface area contributed by atoms with Crippen LogP contribution < -0.4 is 0 Å². The number of aryl methyl sites for hydroxylation is 1. The fraction of sp³-hybridized carbons (Fsp3) is 0.273. The molecule has 0 spiro atoms. The summed E-state index contributed by atoms with van der Waals surface area (Å²) >= 11 is 7.98. The van der Waals surface area contributed by atoms with Gasteiger partial charge in [0.05, 0.1) is 23.8 Å². The summed E-state index contributed by atoms with van der Waals surface area (Å²) in [6.45, 7) is 4.55. The van der Waals surface area contributed by atoms with E-state index >= 15 is 0 Å². The van der Waals surface area contributed by atoms with Crippen molar-refractivity contribution in [3.05, 3.63) is 63.0 Å². The van der Waals surface area contributed by atoms with Gasteiger partial charge in [-0.3, -0.25) is 14.4 Å². The maximum absolute atomic E-state index is 12.4. The number of ether oxygens (including phenoxy) is 1. The molecule has 0 bridgehead atoms. The average molecular weight is 452 g/mol. The molecule has 1 fully saturated rings. The molecule has 1 amide bonds. The van der Waals surface area contributed by atoms with Crippen LogP contribution in [0.2, 0.25) is 5.02 Å². The van der Waals surface area contributed by atoms with Crippen LogP contribution in [0.1, 0.15) is 27.7 Å². The van der Waals surface area contributed by atoms with E-state index in [0.717, 1.165) is 38.4 Å². The molecule has 2 aliphatic heterocycles. The van der Waals surface area contributed by atoms with Gasteiger partial charge in [0.1, 0.15) is 17.4 Å². The molecule has 3 aromatic rings. The van der Waals surface area contributed by atoms with Crippen molar-refractivity contribution >= 4 is 34.6 Å². The van der Waals surface area contributed by atoms with Gasteiger partial charge in [0.2, 0.25) is 0 Å². The highest BCUT2D eigenvalue weighted by atomic mass is 35.5. The minimum atomic E-state index is -0.187. The molecule has 0 atom stereocenters. The Morgan fingerprint density at radius 2 is 2.00 bits per heavy atom. The molecule has 4 heterocycles. The Labute approximate surface area is 188 Å². The quantitative estimate of drug-likeness (QED) is 0.533. The molecule has 1 saturated heterocycles. The summed E-state index contributed by atoms with van der Waals surface area (Å²) in [7, 11) is 0. The molecule has 156 valence electrons. The van der Waals surface area contributed by atoms with Crippen LogP contribution in [-0.4, -0.2) is 57.6 Å². The lowest BCUT2D eigenvalue weighted by atomic mass is 10.0. The van der Waals surface area contributed by atoms with E-state index in [-0.39, 0.29) is 5.91 Å². The summed E-state index contributed by atoms with van der Waals surface area (Å²) in [5, 5.41) is 10.1. The van der Waals surface area contributed by atoms with Crippen molar-refractivity contribution in [3.63, 3.8) is 0 Å². The Kier molecular flexibility index (Phi) is 5.32. The molecular formula is C22H18ClN5O2S. The van der Waals surface area contributed by atoms with Gasteiger partial charge in [0.25, 0.3) is 5.91 Å². The maximum Gasteiger partial charge on any atom is 0.299 e. The fourth-order valence-corrected chi connectivity index (χ4v) is 4.94. The van der Waals surface area contributed by atoms with Crippen molar-refractivity contribution in [2.24, 2.45) is 4.99 Å². The molecule has 9 heteroatoms. The molecule has 31 heavy (non-hydrogen) atoms. The zero-order chi connectivity index (χ0) is 21.4. The first kappa shape index (κ1) is 19.9. The van der Waals surface area contributed by atoms with E-state index in [1.165, 1.54) is 11.3 Å². The molecule has 0 saturated carbocycles. The first-order chi connectivity index (χ1) is 15.1. The number of rotatable bonds is 1. The Hall–Kier alpha value is -2.99. The number of aliphatic imine (C=N–C) groups is 1. The monoisotopic (exact) mass is 451 g/mol. The van der Waals surface area contributed by atoms with Gasteiger partial charge < -0.3 is 9.64 Å². The highest BCUT2D eigenvalue weighted by molar-refractivity contribution is 7.15. The van der Waals surface area contributed by atoms with E-state index in [4.69, 9.17) is 21.3 Å². The third-order valence-corrected chi connectivity index (χ3v) is 6.53. The van der Waals surface area contributed by atoms with Crippen LogP contribution in [0.25, 0.3) is 5.00 Å². The van der Waals surface area contributed by atoms with E-state index in [2.05, 4.69) is 22.0 Å². The van der Waals surface area contributed by atoms with Gasteiger partial charge >= 0.3 is 0 Å². The number of hydrogen-bond acceptors (Lipinski definition) is 6. The predicted octanol–water partition coefficient (Wildman–Crippen LogP) is 2.85. The standard InChI is InChI=1S/C22H18ClN5O2S/c1-14-25-26-19-13-24-21(16-4-2-3-5-18(16)23)17-12-15(31-22(17)28(14)19)6-7-20(29)27-8-10-30-11-9-27/h2-5,12H,8-11,13H2,1H3. The van der Waals surface area contributed by atoms with Crippen LogP contribution in [0, 0.1) is 18.8 Å². The van der Waals surface area contributed by atoms with Crippen molar-refractivity contribution in [1.29, 1.82) is 0 Å². The van der Waals surface area contributed by atoms with Crippen molar-refractivity contribution in [2.45, 2.75) is 13.5 Å². The number of benzene rings is 1. The first-order valence-electron chi connectivity index (χ1n) is 9.85. The zero-order valence-electron chi connectivity index (χ0n) is 16.8. The van der Waals surface area contributed by atoms with Gasteiger partial charge in [-0.2, -0.15) is 0 Å². The van der Waals surface area contributed by atoms with Gasteiger partial charge in [-0.25, -0.2) is 0 Å². The maximum atomic E-state index is 12.4. The van der Waals surface area contributed by atoms with Crippen LogP contribution in [0.15, 0.2) is 35.3 Å². The predicted molar refractivity (Wildman–Crippen MR) is 119 cm³/mol. The summed E-state index contributed by atoms with van der Waals surface area (Å²) in [4.78, 5) is 19.7. The minimum Gasteiger partial charge on any atom is -0.378 e. The van der Waals surface area contributed by atoms with E-state index in [9.17, 15) is 4.79 Å². The zero-order valence-corrected chi connectivity index (χ0v) is 18.3. The lowest BCUT2D eigenvalue weighted by Gasteiger charge is -2.24. The minimum absolute atomic E-state index is 0.187. The fourth-order valence-electron chi connectivity index (χ4n) is 3.63. The lowest BCUT2D eigenvalue weighted by Crippen LogP contribution is -2.40. The van der Waals surface area contributed by atoms with Crippen LogP contribution in [-0.2, 0) is 16.1 Å². The number of thiophene rings is 1. The van der Waals surface area contributed by atoms with Gasteiger partial charge in [0.15, 0.2) is 5.82 Å². The molecular weight excluding hydrogens is 434 g/mol. The number of morpholine rings is 1. The van der Waals surface area contributed by atoms with E-state index in [0.29, 0.717) is 37.9 Å². The largest absolute Gasteiger partial charge is 0.378 e.